The molecule has 2 aromatic rings. The van der Waals surface area contributed by atoms with Gasteiger partial charge in [-0.3, -0.25) is 24.5 Å². The van der Waals surface area contributed by atoms with E-state index >= 15 is 0 Å². The number of fused-ring (bicyclic) bond motifs is 1. The number of carbonyl (C=O) groups excluding carboxylic acids is 4. The average molecular weight is 422 g/mol. The second kappa shape index (κ2) is 8.63. The monoisotopic (exact) mass is 422 g/mol. The summed E-state index contributed by atoms with van der Waals surface area (Å²) in [5.74, 6) is -0.703. The summed E-state index contributed by atoms with van der Waals surface area (Å²) in [6.45, 7) is 2.63. The first-order valence-corrected chi connectivity index (χ1v) is 10.2. The first-order chi connectivity index (χ1) is 15.0. The number of Topliss-reactive ketones (excluding diaryl/α,β-unsaturated/α-hetero) is 1. The van der Waals surface area contributed by atoms with Gasteiger partial charge in [0.15, 0.2) is 5.78 Å². The van der Waals surface area contributed by atoms with E-state index in [0.29, 0.717) is 37.4 Å². The van der Waals surface area contributed by atoms with Crippen LogP contribution in [0.25, 0.3) is 0 Å². The molecule has 1 atom stereocenters. The minimum absolute atomic E-state index is 0.128. The van der Waals surface area contributed by atoms with E-state index in [2.05, 4.69) is 15.5 Å². The Hall–Kier alpha value is -3.62. The van der Waals surface area contributed by atoms with Gasteiger partial charge < -0.3 is 9.64 Å². The highest BCUT2D eigenvalue weighted by Gasteiger charge is 2.39. The summed E-state index contributed by atoms with van der Waals surface area (Å²) in [7, 11) is 0. The van der Waals surface area contributed by atoms with Gasteiger partial charge in [0.25, 0.3) is 5.91 Å². The average Bonchev–Trinajstić information content (AvgIpc) is 3.08. The van der Waals surface area contributed by atoms with Crippen molar-refractivity contribution in [2.24, 2.45) is 0 Å². The molecular formula is C22H22N4O5. The van der Waals surface area contributed by atoms with E-state index in [1.807, 2.05) is 19.1 Å². The van der Waals surface area contributed by atoms with Crippen LogP contribution in [-0.4, -0.2) is 51.3 Å². The van der Waals surface area contributed by atoms with Crippen molar-refractivity contribution < 1.29 is 23.9 Å². The Morgan fingerprint density at radius 2 is 2.03 bits per heavy atom. The van der Waals surface area contributed by atoms with Crippen molar-refractivity contribution in [1.82, 2.24) is 20.4 Å². The Balaban J connectivity index is 1.39. The Morgan fingerprint density at radius 3 is 2.74 bits per heavy atom. The molecule has 0 aliphatic carbocycles. The molecule has 1 fully saturated rings. The number of nitrogens with zero attached hydrogens (tertiary/aromatic N) is 3. The molecule has 3 amide bonds. The molecule has 1 saturated heterocycles. The standard InChI is InChI=1S/C22H22N4O5/c1-2-31-20-10-6-16(24-25-20)18(27)8-4-13-3-5-15-14(11-13)12-26(22(15)30)17-7-9-19(28)23-21(17)29/h3,5-6,10-11,17H,2,4,7-9,12H2,1H3,(H,23,28,29). The number of imide groups is 1. The number of aryl methyl sites for hydroxylation is 1. The number of aromatic nitrogens is 2. The molecule has 0 bridgehead atoms. The third-order valence-electron chi connectivity index (χ3n) is 5.45. The minimum Gasteiger partial charge on any atom is -0.477 e. The first kappa shape index (κ1) is 20.6. The Kier molecular flexibility index (Phi) is 5.75. The van der Waals surface area contributed by atoms with E-state index in [-0.39, 0.29) is 36.1 Å². The van der Waals surface area contributed by atoms with Crippen LogP contribution in [0.1, 0.15) is 58.2 Å². The van der Waals surface area contributed by atoms with Gasteiger partial charge in [-0.25, -0.2) is 0 Å². The topological polar surface area (TPSA) is 119 Å². The molecule has 160 valence electrons. The normalized spacial score (nSPS) is 18.0. The fourth-order valence-corrected chi connectivity index (χ4v) is 3.86. The van der Waals surface area contributed by atoms with Crippen LogP contribution in [0.3, 0.4) is 0 Å². The lowest BCUT2D eigenvalue weighted by molar-refractivity contribution is -0.136. The van der Waals surface area contributed by atoms with Gasteiger partial charge in [-0.15, -0.1) is 10.2 Å². The van der Waals surface area contributed by atoms with Crippen LogP contribution in [-0.2, 0) is 22.6 Å². The highest BCUT2D eigenvalue weighted by molar-refractivity contribution is 6.05. The van der Waals surface area contributed by atoms with Gasteiger partial charge in [0.2, 0.25) is 17.7 Å². The summed E-state index contributed by atoms with van der Waals surface area (Å²) in [5, 5.41) is 10.1. The molecule has 0 radical (unpaired) electrons. The van der Waals surface area contributed by atoms with Gasteiger partial charge in [0.1, 0.15) is 11.7 Å². The molecular weight excluding hydrogens is 400 g/mol. The summed E-state index contributed by atoms with van der Waals surface area (Å²) in [6, 6.07) is 8.03. The molecule has 0 saturated carbocycles. The van der Waals surface area contributed by atoms with E-state index in [9.17, 15) is 19.2 Å². The van der Waals surface area contributed by atoms with Gasteiger partial charge in [0.05, 0.1) is 6.61 Å². The SMILES string of the molecule is CCOc1ccc(C(=O)CCc2ccc3c(c2)CN(C2CCC(=O)NC2=O)C3=O)nn1. The van der Waals surface area contributed by atoms with Crippen LogP contribution in [0.4, 0.5) is 0 Å². The van der Waals surface area contributed by atoms with Crippen LogP contribution < -0.4 is 10.1 Å². The molecule has 1 aromatic carbocycles. The Labute approximate surface area is 178 Å². The molecule has 1 unspecified atom stereocenters. The lowest BCUT2D eigenvalue weighted by atomic mass is 10.0. The molecule has 9 heteroatoms. The predicted molar refractivity (Wildman–Crippen MR) is 108 cm³/mol. The van der Waals surface area contributed by atoms with Crippen molar-refractivity contribution in [3.05, 3.63) is 52.7 Å². The molecule has 4 rings (SSSR count). The summed E-state index contributed by atoms with van der Waals surface area (Å²) in [4.78, 5) is 50.2. The smallest absolute Gasteiger partial charge is 0.255 e. The predicted octanol–water partition coefficient (Wildman–Crippen LogP) is 1.45. The van der Waals surface area contributed by atoms with Crippen molar-refractivity contribution in [2.75, 3.05) is 6.61 Å². The van der Waals surface area contributed by atoms with Gasteiger partial charge in [-0.2, -0.15) is 0 Å². The maximum Gasteiger partial charge on any atom is 0.255 e. The summed E-state index contributed by atoms with van der Waals surface area (Å²) >= 11 is 0. The Bertz CT molecular complexity index is 1050. The number of amides is 3. The van der Waals surface area contributed by atoms with Gasteiger partial charge in [-0.1, -0.05) is 12.1 Å². The lowest BCUT2D eigenvalue weighted by Crippen LogP contribution is -2.52. The van der Waals surface area contributed by atoms with Crippen LogP contribution in [0.15, 0.2) is 30.3 Å². The quantitative estimate of drug-likeness (QED) is 0.530. The number of hydrogen-bond donors (Lipinski definition) is 1. The van der Waals surface area contributed by atoms with Crippen molar-refractivity contribution in [3.8, 4) is 5.88 Å². The van der Waals surface area contributed by atoms with Crippen molar-refractivity contribution in [3.63, 3.8) is 0 Å². The molecule has 9 nitrogen and oxygen atoms in total. The zero-order chi connectivity index (χ0) is 22.0. The summed E-state index contributed by atoms with van der Waals surface area (Å²) in [6.07, 6.45) is 1.30. The molecule has 3 heterocycles. The van der Waals surface area contributed by atoms with Crippen molar-refractivity contribution in [1.29, 1.82) is 0 Å². The highest BCUT2D eigenvalue weighted by atomic mass is 16.5. The largest absolute Gasteiger partial charge is 0.477 e. The molecule has 0 spiro atoms. The van der Waals surface area contributed by atoms with E-state index in [0.717, 1.165) is 11.1 Å². The zero-order valence-electron chi connectivity index (χ0n) is 17.1. The number of piperidine rings is 1. The number of nitrogens with one attached hydrogen (secondary N) is 1. The third-order valence-corrected chi connectivity index (χ3v) is 5.45. The lowest BCUT2D eigenvalue weighted by Gasteiger charge is -2.29. The number of benzene rings is 1. The van der Waals surface area contributed by atoms with Crippen LogP contribution in [0, 0.1) is 0 Å². The second-order valence-corrected chi connectivity index (χ2v) is 7.50. The fourth-order valence-electron chi connectivity index (χ4n) is 3.86. The first-order valence-electron chi connectivity index (χ1n) is 10.2. The van der Waals surface area contributed by atoms with E-state index in [1.165, 1.54) is 4.90 Å². The number of carbonyl (C=O) groups is 4. The summed E-state index contributed by atoms with van der Waals surface area (Å²) in [5.41, 5.74) is 2.57. The Morgan fingerprint density at radius 1 is 1.19 bits per heavy atom. The zero-order valence-corrected chi connectivity index (χ0v) is 17.1. The molecule has 2 aliphatic rings. The molecule has 31 heavy (non-hydrogen) atoms. The minimum atomic E-state index is -0.638. The molecule has 1 aromatic heterocycles. The van der Waals surface area contributed by atoms with Crippen LogP contribution in [0.2, 0.25) is 0 Å². The third kappa shape index (κ3) is 4.30. The number of rotatable bonds is 7. The van der Waals surface area contributed by atoms with Crippen molar-refractivity contribution in [2.45, 2.75) is 45.2 Å². The van der Waals surface area contributed by atoms with Gasteiger partial charge >= 0.3 is 0 Å². The van der Waals surface area contributed by atoms with Crippen LogP contribution >= 0.6 is 0 Å². The maximum absolute atomic E-state index is 12.7. The fraction of sp³-hybridized carbons (Fsp3) is 0.364. The second-order valence-electron chi connectivity index (χ2n) is 7.50. The van der Waals surface area contributed by atoms with Gasteiger partial charge in [0, 0.05) is 31.0 Å². The van der Waals surface area contributed by atoms with E-state index in [1.54, 1.807) is 18.2 Å². The number of hydrogen-bond acceptors (Lipinski definition) is 7. The molecule has 2 aliphatic heterocycles. The van der Waals surface area contributed by atoms with Crippen molar-refractivity contribution >= 4 is 23.5 Å². The highest BCUT2D eigenvalue weighted by Crippen LogP contribution is 2.28. The number of ether oxygens (including phenoxy) is 1. The maximum atomic E-state index is 12.7. The number of ketones is 1. The van der Waals surface area contributed by atoms with E-state index < -0.39 is 11.9 Å². The van der Waals surface area contributed by atoms with Crippen LogP contribution in [0.5, 0.6) is 5.88 Å². The summed E-state index contributed by atoms with van der Waals surface area (Å²) < 4.78 is 5.23. The van der Waals surface area contributed by atoms with E-state index in [4.69, 9.17) is 4.74 Å². The van der Waals surface area contributed by atoms with Gasteiger partial charge in [-0.05, 0) is 43.0 Å². The molecule has 1 N–H and O–H groups in total.